The largest absolute Gasteiger partial charge is 0.266 e. The van der Waals surface area contributed by atoms with Crippen LogP contribution in [-0.2, 0) is 5.41 Å². The summed E-state index contributed by atoms with van der Waals surface area (Å²) in [7, 11) is 0. The van der Waals surface area contributed by atoms with Crippen molar-refractivity contribution in [2.45, 2.75) is 32.1 Å². The maximum Gasteiger partial charge on any atom is 0.164 e. The van der Waals surface area contributed by atoms with E-state index >= 15 is 0 Å². The zero-order valence-corrected chi connectivity index (χ0v) is 13.6. The number of allylic oxidation sites excluding steroid dienone is 6. The van der Waals surface area contributed by atoms with Crippen LogP contribution in [0.2, 0.25) is 0 Å². The van der Waals surface area contributed by atoms with Gasteiger partial charge in [0.25, 0.3) is 0 Å². The number of H-pyrrole nitrogens is 1. The fourth-order valence-corrected chi connectivity index (χ4v) is 3.91. The molecule has 0 saturated carbocycles. The quantitative estimate of drug-likeness (QED) is 0.892. The molecule has 3 nitrogen and oxygen atoms in total. The van der Waals surface area contributed by atoms with Crippen molar-refractivity contribution in [1.82, 2.24) is 15.2 Å². The Bertz CT molecular complexity index is 809. The third-order valence-electron chi connectivity index (χ3n) is 5.13. The Morgan fingerprint density at radius 2 is 2.04 bits per heavy atom. The van der Waals surface area contributed by atoms with Crippen LogP contribution in [-0.4, -0.2) is 15.2 Å². The molecule has 3 heteroatoms. The lowest BCUT2D eigenvalue weighted by Gasteiger charge is -2.34. The molecule has 1 aromatic carbocycles. The van der Waals surface area contributed by atoms with Gasteiger partial charge in [-0.1, -0.05) is 62.4 Å². The molecule has 0 amide bonds. The lowest BCUT2D eigenvalue weighted by Crippen LogP contribution is -2.33. The highest BCUT2D eigenvalue weighted by atomic mass is 15.2. The molecule has 1 N–H and O–H groups in total. The first-order chi connectivity index (χ1) is 11.2. The van der Waals surface area contributed by atoms with Crippen LogP contribution >= 0.6 is 0 Å². The highest BCUT2D eigenvalue weighted by molar-refractivity contribution is 5.79. The fourth-order valence-electron chi connectivity index (χ4n) is 3.91. The second-order valence-electron chi connectivity index (χ2n) is 6.60. The predicted octanol–water partition coefficient (Wildman–Crippen LogP) is 4.42. The molecule has 1 aromatic heterocycles. The second kappa shape index (κ2) is 5.34. The first kappa shape index (κ1) is 14.2. The summed E-state index contributed by atoms with van der Waals surface area (Å²) in [5.41, 5.74) is 5.11. The molecule has 2 aliphatic rings. The van der Waals surface area contributed by atoms with Crippen LogP contribution in [0.5, 0.6) is 0 Å². The summed E-state index contributed by atoms with van der Waals surface area (Å²) in [5, 5.41) is 7.37. The van der Waals surface area contributed by atoms with E-state index in [9.17, 15) is 0 Å². The molecule has 0 radical (unpaired) electrons. The van der Waals surface area contributed by atoms with Crippen LogP contribution < -0.4 is 0 Å². The number of hydrogen-bond donors (Lipinski definition) is 1. The van der Waals surface area contributed by atoms with Crippen molar-refractivity contribution in [3.05, 3.63) is 77.4 Å². The number of hydrogen-bond acceptors (Lipinski definition) is 2. The minimum Gasteiger partial charge on any atom is -0.266 e. The lowest BCUT2D eigenvalue weighted by molar-refractivity contribution is 0.430. The van der Waals surface area contributed by atoms with Gasteiger partial charge in [0, 0.05) is 0 Å². The number of aromatic nitrogens is 3. The predicted molar refractivity (Wildman–Crippen MR) is 92.9 cm³/mol. The van der Waals surface area contributed by atoms with E-state index in [1.54, 1.807) is 6.33 Å². The highest BCUT2D eigenvalue weighted by Crippen LogP contribution is 2.46. The molecular formula is C20H21N3. The number of nitrogens with zero attached hydrogens (tertiary/aromatic N) is 2. The Balaban J connectivity index is 2.05. The molecule has 0 spiro atoms. The zero-order chi connectivity index (χ0) is 15.9. The molecule has 1 unspecified atom stereocenters. The first-order valence-corrected chi connectivity index (χ1v) is 8.28. The van der Waals surface area contributed by atoms with Crippen molar-refractivity contribution in [3.8, 4) is 0 Å². The van der Waals surface area contributed by atoms with Crippen molar-refractivity contribution < 1.29 is 0 Å². The van der Waals surface area contributed by atoms with Gasteiger partial charge in [-0.15, -0.1) is 0 Å². The lowest BCUT2D eigenvalue weighted by atomic mass is 9.69. The maximum atomic E-state index is 4.54. The minimum atomic E-state index is -0.304. The third-order valence-corrected chi connectivity index (χ3v) is 5.13. The third kappa shape index (κ3) is 2.03. The van der Waals surface area contributed by atoms with E-state index in [1.807, 2.05) is 0 Å². The number of fused-ring (bicyclic) bond motifs is 2. The van der Waals surface area contributed by atoms with Gasteiger partial charge in [-0.3, -0.25) is 5.10 Å². The van der Waals surface area contributed by atoms with Crippen LogP contribution in [0, 0.1) is 5.92 Å². The summed E-state index contributed by atoms with van der Waals surface area (Å²) < 4.78 is 0. The Morgan fingerprint density at radius 1 is 1.17 bits per heavy atom. The molecule has 0 aliphatic heterocycles. The Hall–Kier alpha value is -2.42. The summed E-state index contributed by atoms with van der Waals surface area (Å²) in [6, 6.07) is 8.75. The summed E-state index contributed by atoms with van der Waals surface area (Å²) in [5.74, 6) is 1.20. The number of nitrogens with one attached hydrogen (secondary N) is 1. The van der Waals surface area contributed by atoms with Crippen LogP contribution in [0.15, 0.2) is 60.5 Å². The van der Waals surface area contributed by atoms with Gasteiger partial charge in [0.15, 0.2) is 5.82 Å². The summed E-state index contributed by atoms with van der Waals surface area (Å²) in [6.07, 6.45) is 13.0. The van der Waals surface area contributed by atoms with Gasteiger partial charge < -0.3 is 0 Å². The first-order valence-electron chi connectivity index (χ1n) is 8.28. The van der Waals surface area contributed by atoms with E-state index in [0.29, 0.717) is 5.92 Å². The molecule has 116 valence electrons. The maximum absolute atomic E-state index is 4.54. The van der Waals surface area contributed by atoms with Crippen molar-refractivity contribution >= 4 is 5.57 Å². The average Bonchev–Trinajstić information content (AvgIpc) is 3.06. The van der Waals surface area contributed by atoms with Gasteiger partial charge in [-0.05, 0) is 41.0 Å². The minimum absolute atomic E-state index is 0.304. The normalized spacial score (nSPS) is 22.9. The molecule has 2 aliphatic carbocycles. The van der Waals surface area contributed by atoms with Crippen LogP contribution in [0.1, 0.15) is 43.6 Å². The van der Waals surface area contributed by atoms with E-state index in [-0.39, 0.29) is 5.41 Å². The molecule has 0 fully saturated rings. The Labute approximate surface area is 136 Å². The van der Waals surface area contributed by atoms with E-state index in [2.05, 4.69) is 77.6 Å². The Kier molecular flexibility index (Phi) is 3.29. The molecule has 0 bridgehead atoms. The number of benzene rings is 1. The van der Waals surface area contributed by atoms with E-state index in [4.69, 9.17) is 0 Å². The number of aromatic amines is 1. The molecule has 0 saturated heterocycles. The van der Waals surface area contributed by atoms with Gasteiger partial charge in [0.05, 0.1) is 5.41 Å². The highest BCUT2D eigenvalue weighted by Gasteiger charge is 2.41. The van der Waals surface area contributed by atoms with E-state index in [1.165, 1.54) is 22.3 Å². The van der Waals surface area contributed by atoms with Crippen molar-refractivity contribution in [3.63, 3.8) is 0 Å². The molecule has 4 rings (SSSR count). The molecule has 23 heavy (non-hydrogen) atoms. The topological polar surface area (TPSA) is 41.6 Å². The van der Waals surface area contributed by atoms with Gasteiger partial charge in [-0.2, -0.15) is 5.10 Å². The number of rotatable bonds is 2. The van der Waals surface area contributed by atoms with Gasteiger partial charge in [-0.25, -0.2) is 4.98 Å². The van der Waals surface area contributed by atoms with Gasteiger partial charge in [0.2, 0.25) is 0 Å². The fraction of sp³-hybridized carbons (Fsp3) is 0.300. The molecule has 2 aromatic rings. The standard InChI is InChI=1S/C20H21N3/c1-14(2)20(19-21-13-22-23-19)12-11-15-7-3-4-8-16(15)17-9-5-6-10-18(17)20/h3,5-7,9-14H,4,8H2,1-2H3,(H,21,22,23). The monoisotopic (exact) mass is 303 g/mol. The summed E-state index contributed by atoms with van der Waals surface area (Å²) in [6.45, 7) is 4.50. The van der Waals surface area contributed by atoms with Crippen LogP contribution in [0.25, 0.3) is 5.57 Å². The van der Waals surface area contributed by atoms with Crippen molar-refractivity contribution in [2.24, 2.45) is 5.92 Å². The molecular weight excluding hydrogens is 282 g/mol. The van der Waals surface area contributed by atoms with E-state index < -0.39 is 0 Å². The van der Waals surface area contributed by atoms with Crippen molar-refractivity contribution in [2.75, 3.05) is 0 Å². The van der Waals surface area contributed by atoms with Gasteiger partial charge in [0.1, 0.15) is 6.33 Å². The second-order valence-corrected chi connectivity index (χ2v) is 6.60. The van der Waals surface area contributed by atoms with Crippen molar-refractivity contribution in [1.29, 1.82) is 0 Å². The summed E-state index contributed by atoms with van der Waals surface area (Å²) >= 11 is 0. The SMILES string of the molecule is CC(C)C1(c2nc[nH]n2)C=CC2=C(CCC=C2)c2ccccc21. The van der Waals surface area contributed by atoms with Crippen LogP contribution in [0.3, 0.4) is 0 Å². The summed E-state index contributed by atoms with van der Waals surface area (Å²) in [4.78, 5) is 4.54. The molecule has 1 atom stereocenters. The molecule has 1 heterocycles. The zero-order valence-electron chi connectivity index (χ0n) is 13.6. The van der Waals surface area contributed by atoms with Gasteiger partial charge >= 0.3 is 0 Å². The average molecular weight is 303 g/mol. The van der Waals surface area contributed by atoms with Crippen LogP contribution in [0.4, 0.5) is 0 Å². The Morgan fingerprint density at radius 3 is 2.83 bits per heavy atom. The van der Waals surface area contributed by atoms with E-state index in [0.717, 1.165) is 18.7 Å². The smallest absolute Gasteiger partial charge is 0.164 e.